The minimum absolute atomic E-state index is 0.511. The van der Waals surface area contributed by atoms with E-state index >= 15 is 0 Å². The summed E-state index contributed by atoms with van der Waals surface area (Å²) in [6, 6.07) is 0. The zero-order valence-corrected chi connectivity index (χ0v) is 9.31. The average Bonchev–Trinajstić information content (AvgIpc) is 2.16. The summed E-state index contributed by atoms with van der Waals surface area (Å²) in [7, 11) is 0. The molecule has 0 heterocycles. The summed E-state index contributed by atoms with van der Waals surface area (Å²) in [5, 5.41) is 0. The molecule has 0 saturated carbocycles. The summed E-state index contributed by atoms with van der Waals surface area (Å²) in [4.78, 5) is 0. The fraction of sp³-hybridized carbons (Fsp3) is 1.00. The number of halogens is 8. The molecule has 0 aromatic heterocycles. The highest BCUT2D eigenvalue weighted by Crippen LogP contribution is 2.55. The van der Waals surface area contributed by atoms with E-state index in [0.717, 1.165) is 0 Å². The predicted octanol–water partition coefficient (Wildman–Crippen LogP) is 4.59. The maximum atomic E-state index is 12.9. The van der Waals surface area contributed by atoms with E-state index in [1.165, 1.54) is 0 Å². The maximum Gasteiger partial charge on any atom is 0.378 e. The second kappa shape index (κ2) is 4.28. The Morgan fingerprint density at radius 3 is 1.35 bits per heavy atom. The van der Waals surface area contributed by atoms with E-state index in [-0.39, 0.29) is 0 Å². The van der Waals surface area contributed by atoms with Crippen molar-refractivity contribution in [2.45, 2.75) is 50.9 Å². The van der Waals surface area contributed by atoms with Gasteiger partial charge in [0.15, 0.2) is 0 Å². The molecule has 0 unspecified atom stereocenters. The van der Waals surface area contributed by atoms with Crippen molar-refractivity contribution in [3.8, 4) is 0 Å². The van der Waals surface area contributed by atoms with Gasteiger partial charge in [0, 0.05) is 12.3 Å². The molecule has 17 heavy (non-hydrogen) atoms. The minimum atomic E-state index is -6.12. The lowest BCUT2D eigenvalue weighted by atomic mass is 9.91. The molecule has 0 atom stereocenters. The zero-order valence-electron chi connectivity index (χ0n) is 9.31. The Labute approximate surface area is 93.0 Å². The molecule has 104 valence electrons. The van der Waals surface area contributed by atoms with Crippen LogP contribution >= 0.6 is 0 Å². The second-order valence-electron chi connectivity index (χ2n) is 3.98. The Morgan fingerprint density at radius 1 is 0.765 bits per heavy atom. The zero-order chi connectivity index (χ0) is 14.3. The Hall–Kier alpha value is -0.560. The van der Waals surface area contributed by atoms with Gasteiger partial charge in [-0.1, -0.05) is 20.8 Å². The molecule has 0 aromatic rings. The first-order valence-corrected chi connectivity index (χ1v) is 4.77. The first-order chi connectivity index (χ1) is 7.25. The molecule has 0 aliphatic rings. The molecule has 0 aromatic carbocycles. The van der Waals surface area contributed by atoms with Crippen LogP contribution in [-0.2, 0) is 0 Å². The summed E-state index contributed by atoms with van der Waals surface area (Å²) < 4.78 is 103. The molecule has 0 radical (unpaired) electrons. The molecular formula is C9H12F8. The van der Waals surface area contributed by atoms with Crippen LogP contribution in [0.3, 0.4) is 0 Å². The van der Waals surface area contributed by atoms with Crippen molar-refractivity contribution in [2.24, 2.45) is 5.92 Å². The van der Waals surface area contributed by atoms with Gasteiger partial charge in [-0.2, -0.15) is 35.1 Å². The highest BCUT2D eigenvalue weighted by molar-refractivity contribution is 5.04. The van der Waals surface area contributed by atoms with Crippen LogP contribution in [0, 0.1) is 5.92 Å². The Morgan fingerprint density at radius 2 is 1.12 bits per heavy atom. The molecule has 0 spiro atoms. The molecule has 0 nitrogen and oxygen atoms in total. The molecule has 0 N–H and O–H groups in total. The molecular weight excluding hydrogens is 260 g/mol. The van der Waals surface area contributed by atoms with Gasteiger partial charge in [-0.3, -0.25) is 0 Å². The fourth-order valence-electron chi connectivity index (χ4n) is 1.02. The topological polar surface area (TPSA) is 0 Å². The standard InChI is InChI=1S/C9H12F8/c1-4-6(10,11)8(14,15)9(16,17)7(12,13)5(2)3/h5H,4H2,1-3H3. The highest BCUT2D eigenvalue weighted by Gasteiger charge is 2.80. The number of hydrogen-bond donors (Lipinski definition) is 0. The van der Waals surface area contributed by atoms with Crippen LogP contribution in [0.5, 0.6) is 0 Å². The van der Waals surface area contributed by atoms with Crippen LogP contribution in [0.15, 0.2) is 0 Å². The van der Waals surface area contributed by atoms with Gasteiger partial charge in [-0.15, -0.1) is 0 Å². The fourth-order valence-corrected chi connectivity index (χ4v) is 1.02. The van der Waals surface area contributed by atoms with Gasteiger partial charge in [-0.05, 0) is 0 Å². The lowest BCUT2D eigenvalue weighted by Crippen LogP contribution is -2.63. The summed E-state index contributed by atoms with van der Waals surface area (Å²) in [5.41, 5.74) is 0. The first-order valence-electron chi connectivity index (χ1n) is 4.77. The molecule has 0 amide bonds. The van der Waals surface area contributed by atoms with Crippen molar-refractivity contribution in [3.05, 3.63) is 0 Å². The van der Waals surface area contributed by atoms with E-state index in [2.05, 4.69) is 0 Å². The summed E-state index contributed by atoms with van der Waals surface area (Å²) in [6.45, 7) is 1.61. The summed E-state index contributed by atoms with van der Waals surface area (Å²) in [5.74, 6) is -24.9. The third-order valence-corrected chi connectivity index (χ3v) is 2.44. The SMILES string of the molecule is CCC(F)(F)C(F)(F)C(F)(F)C(F)(F)C(C)C. The van der Waals surface area contributed by atoms with E-state index in [4.69, 9.17) is 0 Å². The van der Waals surface area contributed by atoms with Crippen LogP contribution < -0.4 is 0 Å². The lowest BCUT2D eigenvalue weighted by Gasteiger charge is -2.38. The van der Waals surface area contributed by atoms with Gasteiger partial charge < -0.3 is 0 Å². The van der Waals surface area contributed by atoms with Crippen molar-refractivity contribution < 1.29 is 35.1 Å². The molecule has 0 bridgehead atoms. The normalized spacial score (nSPS) is 15.5. The largest absolute Gasteiger partial charge is 0.378 e. The summed E-state index contributed by atoms with van der Waals surface area (Å²) >= 11 is 0. The van der Waals surface area contributed by atoms with Crippen molar-refractivity contribution in [1.82, 2.24) is 0 Å². The van der Waals surface area contributed by atoms with Crippen molar-refractivity contribution >= 4 is 0 Å². The number of rotatable bonds is 5. The third-order valence-electron chi connectivity index (χ3n) is 2.44. The number of alkyl halides is 8. The Kier molecular flexibility index (Phi) is 4.13. The van der Waals surface area contributed by atoms with E-state index in [0.29, 0.717) is 20.8 Å². The maximum absolute atomic E-state index is 12.9. The van der Waals surface area contributed by atoms with Crippen molar-refractivity contribution in [1.29, 1.82) is 0 Å². The number of hydrogen-bond acceptors (Lipinski definition) is 0. The first kappa shape index (κ1) is 16.4. The minimum Gasteiger partial charge on any atom is -0.200 e. The van der Waals surface area contributed by atoms with Crippen LogP contribution in [0.25, 0.3) is 0 Å². The smallest absolute Gasteiger partial charge is 0.200 e. The van der Waals surface area contributed by atoms with Gasteiger partial charge in [0.05, 0.1) is 0 Å². The molecule has 8 heteroatoms. The highest BCUT2D eigenvalue weighted by atomic mass is 19.4. The van der Waals surface area contributed by atoms with Crippen molar-refractivity contribution in [2.75, 3.05) is 0 Å². The molecule has 0 rings (SSSR count). The van der Waals surface area contributed by atoms with Crippen LogP contribution in [0.2, 0.25) is 0 Å². The van der Waals surface area contributed by atoms with Crippen LogP contribution in [-0.4, -0.2) is 23.7 Å². The second-order valence-corrected chi connectivity index (χ2v) is 3.98. The molecule has 0 saturated heterocycles. The van der Waals surface area contributed by atoms with E-state index < -0.39 is 36.0 Å². The van der Waals surface area contributed by atoms with Gasteiger partial charge in [0.2, 0.25) is 0 Å². The van der Waals surface area contributed by atoms with Crippen molar-refractivity contribution in [3.63, 3.8) is 0 Å². The monoisotopic (exact) mass is 272 g/mol. The van der Waals surface area contributed by atoms with E-state index in [1.54, 1.807) is 0 Å². The van der Waals surface area contributed by atoms with E-state index in [9.17, 15) is 35.1 Å². The van der Waals surface area contributed by atoms with Gasteiger partial charge in [0.1, 0.15) is 0 Å². The third kappa shape index (κ3) is 2.22. The van der Waals surface area contributed by atoms with Gasteiger partial charge in [-0.25, -0.2) is 0 Å². The van der Waals surface area contributed by atoms with E-state index in [1.807, 2.05) is 0 Å². The quantitative estimate of drug-likeness (QED) is 0.642. The summed E-state index contributed by atoms with van der Waals surface area (Å²) in [6.07, 6.45) is -1.66. The molecule has 0 fully saturated rings. The van der Waals surface area contributed by atoms with Gasteiger partial charge in [0.25, 0.3) is 0 Å². The van der Waals surface area contributed by atoms with Gasteiger partial charge >= 0.3 is 23.7 Å². The Balaban J connectivity index is 5.61. The molecule has 0 aliphatic carbocycles. The lowest BCUT2D eigenvalue weighted by molar-refractivity contribution is -0.373. The Bertz CT molecular complexity index is 268. The average molecular weight is 272 g/mol. The van der Waals surface area contributed by atoms with Crippen LogP contribution in [0.4, 0.5) is 35.1 Å². The van der Waals surface area contributed by atoms with Crippen LogP contribution in [0.1, 0.15) is 27.2 Å². The molecule has 0 aliphatic heterocycles. The predicted molar refractivity (Wildman–Crippen MR) is 44.9 cm³/mol.